The highest BCUT2D eigenvalue weighted by Gasteiger charge is 2.50. The first kappa shape index (κ1) is 45.0. The third-order valence-corrected chi connectivity index (χ3v) is 11.3. The smallest absolute Gasteiger partial charge is 0.386 e. The second kappa shape index (κ2) is 18.9. The number of amides is 2. The zero-order valence-electron chi connectivity index (χ0n) is 28.5. The summed E-state index contributed by atoms with van der Waals surface area (Å²) in [5.74, 6) is -1.06. The first-order chi connectivity index (χ1) is 24.6. The summed E-state index contributed by atoms with van der Waals surface area (Å²) in [6.07, 6.45) is -5.73. The van der Waals surface area contributed by atoms with Gasteiger partial charge in [-0.1, -0.05) is 32.5 Å². The average molecular weight is 838 g/mol. The fourth-order valence-corrected chi connectivity index (χ4v) is 8.18. The molecule has 2 aromatic rings. The van der Waals surface area contributed by atoms with Gasteiger partial charge in [-0.2, -0.15) is 4.31 Å². The number of phosphoric ester groups is 3. The van der Waals surface area contributed by atoms with E-state index in [0.29, 0.717) is 12.2 Å². The first-order valence-electron chi connectivity index (χ1n) is 15.6. The molecule has 10 N–H and O–H groups in total. The number of aromatic nitrogens is 4. The molecule has 1 aliphatic rings. The zero-order chi connectivity index (χ0) is 39.8. The molecule has 53 heavy (non-hydrogen) atoms. The van der Waals surface area contributed by atoms with Gasteiger partial charge in [-0.15, -0.1) is 0 Å². The normalized spacial score (nSPS) is 22.2. The number of nitrogens with one attached hydrogen (secondary N) is 2. The second-order valence-electron chi connectivity index (χ2n) is 12.0. The van der Waals surface area contributed by atoms with Gasteiger partial charge >= 0.3 is 23.5 Å². The Bertz CT molecular complexity index is 1750. The average Bonchev–Trinajstić information content (AvgIpc) is 3.61. The molecule has 0 aliphatic carbocycles. The molecule has 300 valence electrons. The second-order valence-corrected chi connectivity index (χ2v) is 17.4. The lowest BCUT2D eigenvalue weighted by Gasteiger charge is -2.30. The number of carbonyl (C=O) groups is 3. The minimum Gasteiger partial charge on any atom is -0.386 e. The molecular formula is C25H42N7O17P3S. The van der Waals surface area contributed by atoms with Gasteiger partial charge in [0, 0.05) is 37.1 Å². The van der Waals surface area contributed by atoms with Gasteiger partial charge in [0.15, 0.2) is 22.8 Å². The number of nitrogen functional groups attached to an aromatic ring is 1. The number of imidazole rings is 1. The number of ether oxygens (including phenoxy) is 1. The predicted octanol–water partition coefficient (Wildman–Crippen LogP) is -0.535. The molecule has 1 fully saturated rings. The quantitative estimate of drug-likeness (QED) is 0.0563. The molecular weight excluding hydrogens is 795 g/mol. The van der Waals surface area contributed by atoms with Crippen LogP contribution < -0.4 is 16.4 Å². The Morgan fingerprint density at radius 1 is 1.06 bits per heavy atom. The largest absolute Gasteiger partial charge is 0.481 e. The SMILES string of the molecule is CCCC(=O)SCCNC(=O)CCNC(=O)[C@@H](O)C(C)(C)COP(=O)(O)OP(=O)(O)OC[C@H]1O[C@@H](n2cnc3c(N)ncnc32)C(O)[C@H]1OP(=O)(O)O. The molecule has 2 aromatic heterocycles. The Labute approximate surface area is 306 Å². The minimum atomic E-state index is -5.56. The van der Waals surface area contributed by atoms with E-state index < -0.39 is 84.6 Å². The Morgan fingerprint density at radius 2 is 1.74 bits per heavy atom. The van der Waals surface area contributed by atoms with Crippen molar-refractivity contribution in [3.8, 4) is 0 Å². The van der Waals surface area contributed by atoms with Crippen LogP contribution in [0.25, 0.3) is 11.2 Å². The molecule has 1 saturated heterocycles. The number of phosphoric acid groups is 3. The number of hydrogen-bond acceptors (Lipinski definition) is 18. The van der Waals surface area contributed by atoms with Crippen LogP contribution >= 0.6 is 35.2 Å². The first-order valence-corrected chi connectivity index (χ1v) is 21.1. The maximum absolute atomic E-state index is 12.6. The number of fused-ring (bicyclic) bond motifs is 1. The van der Waals surface area contributed by atoms with E-state index in [4.69, 9.17) is 19.5 Å². The number of nitrogens with two attached hydrogens (primary N) is 1. The van der Waals surface area contributed by atoms with Crippen molar-refractivity contribution in [2.75, 3.05) is 37.8 Å². The number of aliphatic hydroxyl groups excluding tert-OH is 2. The van der Waals surface area contributed by atoms with Crippen molar-refractivity contribution < 1.29 is 80.5 Å². The monoisotopic (exact) mass is 837 g/mol. The Hall–Kier alpha value is -2.44. The van der Waals surface area contributed by atoms with Crippen LogP contribution in [0.15, 0.2) is 12.7 Å². The highest BCUT2D eigenvalue weighted by molar-refractivity contribution is 8.13. The Morgan fingerprint density at radius 3 is 2.40 bits per heavy atom. The molecule has 0 bridgehead atoms. The lowest BCUT2D eigenvalue weighted by atomic mass is 9.87. The summed E-state index contributed by atoms with van der Waals surface area (Å²) < 4.78 is 61.9. The van der Waals surface area contributed by atoms with Crippen LogP contribution in [0.2, 0.25) is 0 Å². The van der Waals surface area contributed by atoms with E-state index in [1.165, 1.54) is 13.8 Å². The summed E-state index contributed by atoms with van der Waals surface area (Å²) in [6, 6.07) is 0. The van der Waals surface area contributed by atoms with E-state index in [2.05, 4.69) is 34.4 Å². The van der Waals surface area contributed by atoms with E-state index in [1.54, 1.807) is 0 Å². The number of carbonyl (C=O) groups excluding carboxylic acids is 3. The van der Waals surface area contributed by atoms with E-state index >= 15 is 0 Å². The van der Waals surface area contributed by atoms with Crippen molar-refractivity contribution in [3.63, 3.8) is 0 Å². The lowest BCUT2D eigenvalue weighted by Crippen LogP contribution is -2.46. The van der Waals surface area contributed by atoms with Gasteiger partial charge in [0.25, 0.3) is 0 Å². The third-order valence-electron chi connectivity index (χ3n) is 7.22. The number of rotatable bonds is 21. The number of aliphatic hydroxyl groups is 2. The van der Waals surface area contributed by atoms with Crippen molar-refractivity contribution in [2.24, 2.45) is 5.41 Å². The number of hydrogen-bond donors (Lipinski definition) is 9. The van der Waals surface area contributed by atoms with Gasteiger partial charge in [0.05, 0.1) is 19.5 Å². The molecule has 0 spiro atoms. The summed E-state index contributed by atoms with van der Waals surface area (Å²) >= 11 is 1.09. The molecule has 7 atom stereocenters. The number of nitrogens with zero attached hydrogens (tertiary/aromatic N) is 4. The molecule has 3 heterocycles. The fraction of sp³-hybridized carbons (Fsp3) is 0.680. The number of anilines is 1. The van der Waals surface area contributed by atoms with Crippen LogP contribution in [0.1, 0.15) is 46.3 Å². The van der Waals surface area contributed by atoms with Crippen molar-refractivity contribution in [3.05, 3.63) is 12.7 Å². The molecule has 0 radical (unpaired) electrons. The molecule has 0 saturated carbocycles. The molecule has 3 rings (SSSR count). The highest BCUT2D eigenvalue weighted by Crippen LogP contribution is 2.61. The molecule has 28 heteroatoms. The van der Waals surface area contributed by atoms with Gasteiger partial charge in [0.1, 0.15) is 36.3 Å². The van der Waals surface area contributed by atoms with E-state index in [-0.39, 0.29) is 41.6 Å². The van der Waals surface area contributed by atoms with Crippen LogP contribution in [-0.4, -0.2) is 123 Å². The summed E-state index contributed by atoms with van der Waals surface area (Å²) in [4.78, 5) is 86.8. The summed E-state index contributed by atoms with van der Waals surface area (Å²) in [5.41, 5.74) is 4.27. The van der Waals surface area contributed by atoms with E-state index in [9.17, 15) is 57.9 Å². The Kier molecular flexibility index (Phi) is 16.1. The third kappa shape index (κ3) is 13.7. The van der Waals surface area contributed by atoms with Crippen molar-refractivity contribution in [2.45, 2.75) is 70.7 Å². The maximum atomic E-state index is 12.6. The molecule has 2 amide bonds. The van der Waals surface area contributed by atoms with Gasteiger partial charge in [-0.3, -0.25) is 32.5 Å². The topological polar surface area (TPSA) is 364 Å². The van der Waals surface area contributed by atoms with Crippen LogP contribution in [0.5, 0.6) is 0 Å². The van der Waals surface area contributed by atoms with Gasteiger partial charge < -0.3 is 50.9 Å². The van der Waals surface area contributed by atoms with Crippen LogP contribution in [0.3, 0.4) is 0 Å². The number of thioether (sulfide) groups is 1. The standard InChI is InChI=1S/C25H42N7O17P3S/c1-4-5-16(34)53-9-8-27-15(33)6-7-28-23(37)20(36)25(2,3)11-46-52(43,44)49-51(41,42)45-10-14-19(48-50(38,39)40)18(35)24(47-14)32-13-31-17-21(26)29-12-30-22(17)32/h12-14,18-20,24,35-36H,4-11H2,1-3H3,(H,27,33)(H,28,37)(H,41,42)(H,43,44)(H2,26,29,30)(H2,38,39,40)/t14-,18?,19+,20-,24-/m1/s1. The molecule has 1 aliphatic heterocycles. The minimum absolute atomic E-state index is 0.0127. The predicted molar refractivity (Wildman–Crippen MR) is 182 cm³/mol. The van der Waals surface area contributed by atoms with E-state index in [0.717, 1.165) is 35.4 Å². The lowest BCUT2D eigenvalue weighted by molar-refractivity contribution is -0.137. The van der Waals surface area contributed by atoms with Gasteiger partial charge in [-0.05, 0) is 6.42 Å². The molecule has 3 unspecified atom stereocenters. The molecule has 0 aromatic carbocycles. The van der Waals surface area contributed by atoms with Crippen molar-refractivity contribution in [1.29, 1.82) is 0 Å². The zero-order valence-corrected chi connectivity index (χ0v) is 32.0. The van der Waals surface area contributed by atoms with Crippen molar-refractivity contribution >= 4 is 69.1 Å². The van der Waals surface area contributed by atoms with Gasteiger partial charge in [-0.25, -0.2) is 28.6 Å². The van der Waals surface area contributed by atoms with E-state index in [1.807, 2.05) is 6.92 Å². The Balaban J connectivity index is 1.52. The van der Waals surface area contributed by atoms with Crippen LogP contribution in [-0.2, 0) is 50.7 Å². The fourth-order valence-electron chi connectivity index (χ4n) is 4.57. The molecule has 24 nitrogen and oxygen atoms in total. The maximum Gasteiger partial charge on any atom is 0.481 e. The van der Waals surface area contributed by atoms with Crippen LogP contribution in [0.4, 0.5) is 5.82 Å². The van der Waals surface area contributed by atoms with Gasteiger partial charge in [0.2, 0.25) is 11.8 Å². The summed E-state index contributed by atoms with van der Waals surface area (Å²) in [5, 5.41) is 26.3. The van der Waals surface area contributed by atoms with Crippen LogP contribution in [0, 0.1) is 5.41 Å². The summed E-state index contributed by atoms with van der Waals surface area (Å²) in [6.45, 7) is 2.41. The summed E-state index contributed by atoms with van der Waals surface area (Å²) in [7, 11) is -16.4. The van der Waals surface area contributed by atoms with Crippen molar-refractivity contribution in [1.82, 2.24) is 30.2 Å². The highest BCUT2D eigenvalue weighted by atomic mass is 32.2.